The molecule has 2 rings (SSSR count). The van der Waals surface area contributed by atoms with Crippen LogP contribution < -0.4 is 10.5 Å². The van der Waals surface area contributed by atoms with Gasteiger partial charge in [-0.3, -0.25) is 0 Å². The lowest BCUT2D eigenvalue weighted by Crippen LogP contribution is -2.30. The van der Waals surface area contributed by atoms with Gasteiger partial charge < -0.3 is 5.73 Å². The predicted octanol–water partition coefficient (Wildman–Crippen LogP) is 1.79. The molecule has 0 heterocycles. The summed E-state index contributed by atoms with van der Waals surface area (Å²) >= 11 is 4.95. The van der Waals surface area contributed by atoms with Gasteiger partial charge in [-0.2, -0.15) is 0 Å². The highest BCUT2D eigenvalue weighted by molar-refractivity contribution is 7.88. The van der Waals surface area contributed by atoms with Gasteiger partial charge in [-0.25, -0.2) is 13.1 Å². The van der Waals surface area contributed by atoms with Gasteiger partial charge in [-0.15, -0.1) is 0 Å². The maximum Gasteiger partial charge on any atom is 0.215 e. The average molecular weight is 312 g/mol. The molecular weight excluding hydrogens is 292 g/mol. The van der Waals surface area contributed by atoms with Crippen LogP contribution >= 0.6 is 12.2 Å². The van der Waals surface area contributed by atoms with E-state index in [-0.39, 0.29) is 10.7 Å². The maximum absolute atomic E-state index is 12.1. The molecule has 1 saturated carbocycles. The molecule has 3 N–H and O–H groups in total. The van der Waals surface area contributed by atoms with E-state index < -0.39 is 10.0 Å². The quantitative estimate of drug-likeness (QED) is 0.753. The first-order valence-corrected chi connectivity index (χ1v) is 8.80. The van der Waals surface area contributed by atoms with Crippen molar-refractivity contribution in [2.75, 3.05) is 6.54 Å². The highest BCUT2D eigenvalue weighted by Crippen LogP contribution is 2.36. The fourth-order valence-electron chi connectivity index (χ4n) is 2.23. The van der Waals surface area contributed by atoms with Crippen molar-refractivity contribution < 1.29 is 8.42 Å². The summed E-state index contributed by atoms with van der Waals surface area (Å²) in [6.07, 6.45) is 2.43. The largest absolute Gasteiger partial charge is 0.389 e. The Hall–Kier alpha value is -0.980. The van der Waals surface area contributed by atoms with E-state index in [1.54, 1.807) is 24.3 Å². The van der Waals surface area contributed by atoms with Crippen LogP contribution in [0.4, 0.5) is 0 Å². The van der Waals surface area contributed by atoms with Crippen molar-refractivity contribution in [1.82, 2.24) is 4.72 Å². The topological polar surface area (TPSA) is 72.2 Å². The summed E-state index contributed by atoms with van der Waals surface area (Å²) in [6, 6.07) is 7.09. The predicted molar refractivity (Wildman–Crippen MR) is 84.8 cm³/mol. The van der Waals surface area contributed by atoms with Crippen LogP contribution in [0, 0.1) is 11.8 Å². The Morgan fingerprint density at radius 2 is 2.10 bits per heavy atom. The Balaban J connectivity index is 2.02. The van der Waals surface area contributed by atoms with Gasteiger partial charge in [0, 0.05) is 12.1 Å². The minimum absolute atomic E-state index is 0.0854. The van der Waals surface area contributed by atoms with Gasteiger partial charge in [-0.05, 0) is 30.2 Å². The van der Waals surface area contributed by atoms with Crippen LogP contribution in [0.2, 0.25) is 0 Å². The fraction of sp³-hybridized carbons (Fsp3) is 0.500. The van der Waals surface area contributed by atoms with Crippen molar-refractivity contribution in [3.05, 3.63) is 35.4 Å². The molecule has 0 saturated heterocycles. The van der Waals surface area contributed by atoms with Crippen LogP contribution in [0.3, 0.4) is 0 Å². The molecule has 0 amide bonds. The molecule has 0 aromatic heterocycles. The smallest absolute Gasteiger partial charge is 0.215 e. The van der Waals surface area contributed by atoms with Crippen molar-refractivity contribution in [2.24, 2.45) is 17.6 Å². The molecule has 1 aromatic rings. The summed E-state index contributed by atoms with van der Waals surface area (Å²) in [7, 11) is -3.36. The zero-order valence-electron chi connectivity index (χ0n) is 11.5. The summed E-state index contributed by atoms with van der Waals surface area (Å²) in [5.74, 6) is 0.995. The minimum Gasteiger partial charge on any atom is -0.389 e. The van der Waals surface area contributed by atoms with Crippen molar-refractivity contribution >= 4 is 27.2 Å². The van der Waals surface area contributed by atoms with Gasteiger partial charge in [0.25, 0.3) is 0 Å². The van der Waals surface area contributed by atoms with Crippen LogP contribution in [-0.4, -0.2) is 20.0 Å². The SMILES string of the molecule is CC(CNS(=O)(=O)Cc1ccccc1C(N)=S)C1CC1. The molecule has 4 nitrogen and oxygen atoms in total. The molecule has 6 heteroatoms. The van der Waals surface area contributed by atoms with E-state index in [1.807, 2.05) is 0 Å². The molecule has 1 fully saturated rings. The molecule has 110 valence electrons. The zero-order chi connectivity index (χ0) is 14.8. The number of benzene rings is 1. The third-order valence-electron chi connectivity index (χ3n) is 3.68. The van der Waals surface area contributed by atoms with Gasteiger partial charge in [-0.1, -0.05) is 43.4 Å². The summed E-state index contributed by atoms with van der Waals surface area (Å²) in [5, 5.41) is 0. The number of rotatable bonds is 7. The number of nitrogens with two attached hydrogens (primary N) is 1. The van der Waals surface area contributed by atoms with Crippen LogP contribution in [-0.2, 0) is 15.8 Å². The lowest BCUT2D eigenvalue weighted by atomic mass is 10.1. The first kappa shape index (κ1) is 15.4. The number of thiocarbonyl (C=S) groups is 1. The Morgan fingerprint density at radius 3 is 2.70 bits per heavy atom. The summed E-state index contributed by atoms with van der Waals surface area (Å²) in [5.41, 5.74) is 6.89. The van der Waals surface area contributed by atoms with E-state index in [9.17, 15) is 8.42 Å². The Morgan fingerprint density at radius 1 is 1.45 bits per heavy atom. The second kappa shape index (κ2) is 6.20. The average Bonchev–Trinajstić information content (AvgIpc) is 3.20. The minimum atomic E-state index is -3.36. The highest BCUT2D eigenvalue weighted by atomic mass is 32.2. The molecule has 20 heavy (non-hydrogen) atoms. The highest BCUT2D eigenvalue weighted by Gasteiger charge is 2.28. The Bertz CT molecular complexity index is 595. The summed E-state index contributed by atoms with van der Waals surface area (Å²) < 4.78 is 26.9. The van der Waals surface area contributed by atoms with Crippen LogP contribution in [0.25, 0.3) is 0 Å². The van der Waals surface area contributed by atoms with Crippen molar-refractivity contribution in [3.63, 3.8) is 0 Å². The monoisotopic (exact) mass is 312 g/mol. The number of sulfonamides is 1. The molecule has 0 bridgehead atoms. The molecule has 1 aliphatic carbocycles. The number of nitrogens with one attached hydrogen (secondary N) is 1. The maximum atomic E-state index is 12.1. The van der Waals surface area contributed by atoms with E-state index >= 15 is 0 Å². The van der Waals surface area contributed by atoms with Gasteiger partial charge in [0.2, 0.25) is 10.0 Å². The third-order valence-corrected chi connectivity index (χ3v) is 5.20. The molecule has 1 atom stereocenters. The van der Waals surface area contributed by atoms with Crippen LogP contribution in [0.1, 0.15) is 30.9 Å². The third kappa shape index (κ3) is 4.26. The van der Waals surface area contributed by atoms with Crippen LogP contribution in [0.5, 0.6) is 0 Å². The molecular formula is C14H20N2O2S2. The second-order valence-corrected chi connectivity index (χ2v) is 7.69. The summed E-state index contributed by atoms with van der Waals surface area (Å²) in [6.45, 7) is 2.59. The van der Waals surface area contributed by atoms with Crippen LogP contribution in [0.15, 0.2) is 24.3 Å². The molecule has 1 aliphatic rings. The van der Waals surface area contributed by atoms with Gasteiger partial charge in [0.15, 0.2) is 0 Å². The molecule has 1 aromatic carbocycles. The standard InChI is InChI=1S/C14H20N2O2S2/c1-10(11-6-7-11)8-16-20(17,18)9-12-4-2-3-5-13(12)14(15)19/h2-5,10-11,16H,6-9H2,1H3,(H2,15,19). The molecule has 0 radical (unpaired) electrons. The zero-order valence-corrected chi connectivity index (χ0v) is 13.1. The molecule has 0 aliphatic heterocycles. The van der Waals surface area contributed by atoms with Crippen molar-refractivity contribution in [1.29, 1.82) is 0 Å². The Labute approximate surface area is 125 Å². The lowest BCUT2D eigenvalue weighted by molar-refractivity contribution is 0.491. The fourth-order valence-corrected chi connectivity index (χ4v) is 3.71. The molecule has 1 unspecified atom stereocenters. The van der Waals surface area contributed by atoms with Crippen molar-refractivity contribution in [3.8, 4) is 0 Å². The lowest BCUT2D eigenvalue weighted by Gasteiger charge is -2.13. The second-order valence-electron chi connectivity index (χ2n) is 5.44. The van der Waals surface area contributed by atoms with Gasteiger partial charge in [0.05, 0.1) is 5.75 Å². The van der Waals surface area contributed by atoms with E-state index in [0.29, 0.717) is 29.5 Å². The number of hydrogen-bond donors (Lipinski definition) is 2. The summed E-state index contributed by atoms with van der Waals surface area (Å²) in [4.78, 5) is 0.224. The first-order chi connectivity index (χ1) is 9.39. The van der Waals surface area contributed by atoms with E-state index in [0.717, 1.165) is 0 Å². The first-order valence-electron chi connectivity index (χ1n) is 6.74. The normalized spacial score (nSPS) is 16.9. The molecule has 0 spiro atoms. The number of hydrogen-bond acceptors (Lipinski definition) is 3. The van der Waals surface area contributed by atoms with E-state index in [2.05, 4.69) is 11.6 Å². The van der Waals surface area contributed by atoms with Gasteiger partial charge in [0.1, 0.15) is 4.99 Å². The van der Waals surface area contributed by atoms with E-state index in [4.69, 9.17) is 18.0 Å². The van der Waals surface area contributed by atoms with Crippen molar-refractivity contribution in [2.45, 2.75) is 25.5 Å². The van der Waals surface area contributed by atoms with Gasteiger partial charge >= 0.3 is 0 Å². The Kier molecular flexibility index (Phi) is 4.78. The van der Waals surface area contributed by atoms with E-state index in [1.165, 1.54) is 12.8 Å².